The third-order valence-electron chi connectivity index (χ3n) is 3.86. The zero-order valence-electron chi connectivity index (χ0n) is 11.5. The number of hydrogen-bond acceptors (Lipinski definition) is 3. The number of H-pyrrole nitrogens is 1. The zero-order chi connectivity index (χ0) is 13.9. The second-order valence-electron chi connectivity index (χ2n) is 5.38. The Hall–Kier alpha value is -2.17. The molecule has 0 bridgehead atoms. The minimum Gasteiger partial charge on any atom is -0.337 e. The molecule has 0 aliphatic carbocycles. The number of amides is 1. The van der Waals surface area contributed by atoms with E-state index in [2.05, 4.69) is 22.1 Å². The standard InChI is InChI=1S/C15H18N4O/c1-11-4-8-19(9-5-11)15(20)14-10-13(17-18-14)12-2-6-16-7-3-12/h2-3,6-7,10-11H,4-5,8-9H2,1H3,(H,17,18). The molecule has 3 rings (SSSR count). The number of carbonyl (C=O) groups excluding carboxylic acids is 1. The van der Waals surface area contributed by atoms with Crippen LogP contribution in [0.25, 0.3) is 11.3 Å². The summed E-state index contributed by atoms with van der Waals surface area (Å²) in [7, 11) is 0. The Labute approximate surface area is 118 Å². The first-order chi connectivity index (χ1) is 9.74. The van der Waals surface area contributed by atoms with E-state index in [0.717, 1.165) is 37.2 Å². The fourth-order valence-corrected chi connectivity index (χ4v) is 2.48. The van der Waals surface area contributed by atoms with Gasteiger partial charge in [0.25, 0.3) is 5.91 Å². The summed E-state index contributed by atoms with van der Waals surface area (Å²) in [5, 5.41) is 7.07. The van der Waals surface area contributed by atoms with E-state index in [0.29, 0.717) is 11.6 Å². The number of pyridine rings is 1. The highest BCUT2D eigenvalue weighted by atomic mass is 16.2. The van der Waals surface area contributed by atoms with Gasteiger partial charge in [-0.25, -0.2) is 0 Å². The predicted octanol–water partition coefficient (Wildman–Crippen LogP) is 2.34. The largest absolute Gasteiger partial charge is 0.337 e. The molecule has 1 saturated heterocycles. The number of nitrogens with one attached hydrogen (secondary N) is 1. The topological polar surface area (TPSA) is 61.9 Å². The van der Waals surface area contributed by atoms with Crippen LogP contribution in [0.15, 0.2) is 30.6 Å². The van der Waals surface area contributed by atoms with E-state index < -0.39 is 0 Å². The molecule has 5 heteroatoms. The van der Waals surface area contributed by atoms with E-state index in [4.69, 9.17) is 0 Å². The maximum atomic E-state index is 12.4. The van der Waals surface area contributed by atoms with E-state index in [1.54, 1.807) is 12.4 Å². The number of carbonyl (C=O) groups is 1. The van der Waals surface area contributed by atoms with Gasteiger partial charge in [-0.1, -0.05) is 6.92 Å². The lowest BCUT2D eigenvalue weighted by molar-refractivity contribution is 0.0691. The van der Waals surface area contributed by atoms with Gasteiger partial charge in [0, 0.05) is 31.0 Å². The van der Waals surface area contributed by atoms with E-state index in [-0.39, 0.29) is 5.91 Å². The number of hydrogen-bond donors (Lipinski definition) is 1. The molecule has 1 fully saturated rings. The smallest absolute Gasteiger partial charge is 0.271 e. The third kappa shape index (κ3) is 2.57. The Kier molecular flexibility index (Phi) is 3.50. The summed E-state index contributed by atoms with van der Waals surface area (Å²) in [6.07, 6.45) is 5.60. The van der Waals surface area contributed by atoms with Crippen molar-refractivity contribution in [2.24, 2.45) is 5.92 Å². The molecule has 1 N–H and O–H groups in total. The first-order valence-corrected chi connectivity index (χ1v) is 6.99. The van der Waals surface area contributed by atoms with Gasteiger partial charge in [-0.2, -0.15) is 5.10 Å². The summed E-state index contributed by atoms with van der Waals surface area (Å²) >= 11 is 0. The predicted molar refractivity (Wildman–Crippen MR) is 76.1 cm³/mol. The van der Waals surface area contributed by atoms with Crippen molar-refractivity contribution < 1.29 is 4.79 Å². The Bertz CT molecular complexity index is 585. The summed E-state index contributed by atoms with van der Waals surface area (Å²) in [5.41, 5.74) is 2.30. The van der Waals surface area contributed by atoms with Gasteiger partial charge >= 0.3 is 0 Å². The van der Waals surface area contributed by atoms with Crippen molar-refractivity contribution in [3.8, 4) is 11.3 Å². The van der Waals surface area contributed by atoms with Gasteiger partial charge in [-0.15, -0.1) is 0 Å². The summed E-state index contributed by atoms with van der Waals surface area (Å²) in [4.78, 5) is 18.3. The van der Waals surface area contributed by atoms with E-state index >= 15 is 0 Å². The Morgan fingerprint density at radius 3 is 2.70 bits per heavy atom. The van der Waals surface area contributed by atoms with Gasteiger partial charge in [0.2, 0.25) is 0 Å². The lowest BCUT2D eigenvalue weighted by Crippen LogP contribution is -2.38. The van der Waals surface area contributed by atoms with E-state index in [9.17, 15) is 4.79 Å². The van der Waals surface area contributed by atoms with Gasteiger partial charge in [-0.05, 0) is 37.0 Å². The molecule has 0 radical (unpaired) electrons. The molecule has 20 heavy (non-hydrogen) atoms. The second kappa shape index (κ2) is 5.45. The molecule has 2 aromatic heterocycles. The van der Waals surface area contributed by atoms with Gasteiger partial charge in [0.1, 0.15) is 5.69 Å². The fraction of sp³-hybridized carbons (Fsp3) is 0.400. The quantitative estimate of drug-likeness (QED) is 0.911. The molecule has 5 nitrogen and oxygen atoms in total. The number of aromatic nitrogens is 3. The molecule has 1 amide bonds. The average Bonchev–Trinajstić information content (AvgIpc) is 2.98. The van der Waals surface area contributed by atoms with Gasteiger partial charge in [0.15, 0.2) is 0 Å². The maximum absolute atomic E-state index is 12.4. The van der Waals surface area contributed by atoms with Crippen LogP contribution in [0.5, 0.6) is 0 Å². The van der Waals surface area contributed by atoms with Crippen LogP contribution >= 0.6 is 0 Å². The minimum absolute atomic E-state index is 0.0460. The highest BCUT2D eigenvalue weighted by molar-refractivity contribution is 5.93. The molecule has 0 spiro atoms. The molecule has 1 aliphatic heterocycles. The molecule has 104 valence electrons. The molecule has 0 aromatic carbocycles. The second-order valence-corrected chi connectivity index (χ2v) is 5.38. The van der Waals surface area contributed by atoms with E-state index in [1.165, 1.54) is 0 Å². The Morgan fingerprint density at radius 2 is 2.00 bits per heavy atom. The van der Waals surface area contributed by atoms with Crippen LogP contribution in [0.4, 0.5) is 0 Å². The summed E-state index contributed by atoms with van der Waals surface area (Å²) in [6.45, 7) is 3.91. The molecular weight excluding hydrogens is 252 g/mol. The number of rotatable bonds is 2. The van der Waals surface area contributed by atoms with Crippen molar-refractivity contribution >= 4 is 5.91 Å². The third-order valence-corrected chi connectivity index (χ3v) is 3.86. The average molecular weight is 270 g/mol. The van der Waals surface area contributed by atoms with E-state index in [1.807, 2.05) is 23.1 Å². The lowest BCUT2D eigenvalue weighted by Gasteiger charge is -2.29. The van der Waals surface area contributed by atoms with Crippen LogP contribution in [0.1, 0.15) is 30.3 Å². The first-order valence-electron chi connectivity index (χ1n) is 6.99. The molecule has 0 unspecified atom stereocenters. The van der Waals surface area contributed by atoms with Crippen LogP contribution in [0.3, 0.4) is 0 Å². The summed E-state index contributed by atoms with van der Waals surface area (Å²) < 4.78 is 0. The molecule has 2 aromatic rings. The molecule has 0 atom stereocenters. The summed E-state index contributed by atoms with van der Waals surface area (Å²) in [5.74, 6) is 0.762. The number of likely N-dealkylation sites (tertiary alicyclic amines) is 1. The highest BCUT2D eigenvalue weighted by Crippen LogP contribution is 2.20. The van der Waals surface area contributed by atoms with Crippen molar-refractivity contribution in [3.05, 3.63) is 36.3 Å². The van der Waals surface area contributed by atoms with Crippen molar-refractivity contribution in [3.63, 3.8) is 0 Å². The Balaban J connectivity index is 1.75. The van der Waals surface area contributed by atoms with Gasteiger partial charge in [-0.3, -0.25) is 14.9 Å². The van der Waals surface area contributed by atoms with Crippen molar-refractivity contribution in [1.82, 2.24) is 20.1 Å². The zero-order valence-corrected chi connectivity index (χ0v) is 11.5. The van der Waals surface area contributed by atoms with Crippen molar-refractivity contribution in [2.75, 3.05) is 13.1 Å². The maximum Gasteiger partial charge on any atom is 0.271 e. The van der Waals surface area contributed by atoms with Crippen LogP contribution < -0.4 is 0 Å². The number of aromatic amines is 1. The van der Waals surface area contributed by atoms with Crippen molar-refractivity contribution in [2.45, 2.75) is 19.8 Å². The van der Waals surface area contributed by atoms with Crippen LogP contribution in [-0.2, 0) is 0 Å². The summed E-state index contributed by atoms with van der Waals surface area (Å²) in [6, 6.07) is 5.58. The first kappa shape index (κ1) is 12.8. The Morgan fingerprint density at radius 1 is 1.30 bits per heavy atom. The molecular formula is C15H18N4O. The lowest BCUT2D eigenvalue weighted by atomic mass is 9.99. The molecule has 1 aliphatic rings. The SMILES string of the molecule is CC1CCN(C(=O)c2cc(-c3ccncc3)n[nH]2)CC1. The number of nitrogens with zero attached hydrogens (tertiary/aromatic N) is 3. The highest BCUT2D eigenvalue weighted by Gasteiger charge is 2.22. The van der Waals surface area contributed by atoms with Crippen LogP contribution in [0, 0.1) is 5.92 Å². The van der Waals surface area contributed by atoms with Crippen LogP contribution in [-0.4, -0.2) is 39.1 Å². The number of piperidine rings is 1. The normalized spacial score (nSPS) is 16.4. The fourth-order valence-electron chi connectivity index (χ4n) is 2.48. The van der Waals surface area contributed by atoms with Gasteiger partial charge < -0.3 is 4.90 Å². The van der Waals surface area contributed by atoms with Crippen molar-refractivity contribution in [1.29, 1.82) is 0 Å². The van der Waals surface area contributed by atoms with Crippen LogP contribution in [0.2, 0.25) is 0 Å². The van der Waals surface area contributed by atoms with Gasteiger partial charge in [0.05, 0.1) is 5.69 Å². The monoisotopic (exact) mass is 270 g/mol. The molecule has 0 saturated carbocycles. The minimum atomic E-state index is 0.0460. The molecule has 3 heterocycles.